The van der Waals surface area contributed by atoms with Gasteiger partial charge in [-0.2, -0.15) is 0 Å². The van der Waals surface area contributed by atoms with E-state index in [1.807, 2.05) is 44.2 Å². The van der Waals surface area contributed by atoms with Crippen LogP contribution >= 0.6 is 0 Å². The van der Waals surface area contributed by atoms with Crippen molar-refractivity contribution in [1.82, 2.24) is 9.80 Å². The van der Waals surface area contributed by atoms with E-state index >= 15 is 4.79 Å². The maximum atomic E-state index is 15.5. The van der Waals surface area contributed by atoms with Crippen molar-refractivity contribution in [1.29, 1.82) is 0 Å². The Labute approximate surface area is 374 Å². The number of amides is 1. The smallest absolute Gasteiger partial charge is 0.309 e. The average Bonchev–Trinajstić information content (AvgIpc) is 3.60. The first-order chi connectivity index (χ1) is 29.4. The molecule has 2 heterocycles. The molecule has 9 fully saturated rings. The molecular weight excluding hydrogens is 769 g/mol. The van der Waals surface area contributed by atoms with Gasteiger partial charge in [0.25, 0.3) is 0 Å². The molecule has 1 aromatic carbocycles. The van der Waals surface area contributed by atoms with Crippen LogP contribution in [0.15, 0.2) is 30.3 Å². The van der Waals surface area contributed by atoms with Gasteiger partial charge in [0.05, 0.1) is 17.3 Å². The zero-order chi connectivity index (χ0) is 43.7. The second-order valence-corrected chi connectivity index (χ2v) is 25.5. The van der Waals surface area contributed by atoms with Gasteiger partial charge in [-0.3, -0.25) is 14.4 Å². The number of likely N-dealkylation sites (tertiary alicyclic amines) is 2. The molecular formula is C55H82N2O5. The Kier molecular flexibility index (Phi) is 10.6. The summed E-state index contributed by atoms with van der Waals surface area (Å²) in [5.41, 5.74) is 1.20. The number of hydrogen-bond acceptors (Lipinski definition) is 6. The van der Waals surface area contributed by atoms with Gasteiger partial charge in [0.15, 0.2) is 0 Å². The first-order valence-electron chi connectivity index (χ1n) is 25.8. The largest absolute Gasteiger partial charge is 0.462 e. The molecule has 10 rings (SSSR count). The van der Waals surface area contributed by atoms with Gasteiger partial charge in [0.2, 0.25) is 5.91 Å². The van der Waals surface area contributed by atoms with Gasteiger partial charge in [-0.15, -0.1) is 0 Å². The van der Waals surface area contributed by atoms with Crippen molar-refractivity contribution in [3.8, 4) is 0 Å². The molecule has 2 saturated heterocycles. The molecule has 0 unspecified atom stereocenters. The van der Waals surface area contributed by atoms with Gasteiger partial charge in [-0.05, 0) is 184 Å². The fraction of sp³-hybridized carbons (Fsp3) is 0.836. The monoisotopic (exact) mass is 851 g/mol. The van der Waals surface area contributed by atoms with Crippen LogP contribution in [0.25, 0.3) is 0 Å². The summed E-state index contributed by atoms with van der Waals surface area (Å²) in [6.07, 6.45) is 19.7. The van der Waals surface area contributed by atoms with Gasteiger partial charge < -0.3 is 19.3 Å². The predicted molar refractivity (Wildman–Crippen MR) is 243 cm³/mol. The number of carbonyl (C=O) groups excluding carboxylic acids is 3. The van der Waals surface area contributed by atoms with E-state index < -0.39 is 5.41 Å². The first kappa shape index (κ1) is 43.5. The summed E-state index contributed by atoms with van der Waals surface area (Å²) in [5.74, 6) is 2.58. The molecule has 1 aromatic rings. The zero-order valence-corrected chi connectivity index (χ0v) is 40.1. The number of hydrogen-bond donors (Lipinski definition) is 0. The van der Waals surface area contributed by atoms with Crippen molar-refractivity contribution in [2.24, 2.45) is 79.3 Å². The van der Waals surface area contributed by atoms with Crippen molar-refractivity contribution in [2.75, 3.05) is 26.2 Å². The number of fused-ring (bicyclic) bond motifs is 7. The summed E-state index contributed by atoms with van der Waals surface area (Å²) >= 11 is 0. The van der Waals surface area contributed by atoms with Crippen molar-refractivity contribution in [3.63, 3.8) is 0 Å². The third-order valence-corrected chi connectivity index (χ3v) is 22.4. The van der Waals surface area contributed by atoms with Crippen molar-refractivity contribution in [2.45, 2.75) is 183 Å². The number of nitrogens with zero attached hydrogens (tertiary/aromatic N) is 2. The normalized spacial score (nSPS) is 44.8. The lowest BCUT2D eigenvalue weighted by atomic mass is 9.32. The molecule has 0 aromatic heterocycles. The van der Waals surface area contributed by atoms with Gasteiger partial charge in [-0.1, -0.05) is 85.7 Å². The topological polar surface area (TPSA) is 76.2 Å². The standard InChI is InChI=1S/C55H82N2O5/c1-49(2)40(46(58)61-35-36-15-10-9-11-16-36)33-41(49)47(59)62-44-22-23-52(6)42(50(44,3)4)21-24-54(8)43(52)19-18-39-45-38(51(5)26-27-51)20-25-55(45,29-28-53(39,54)7)48(60)57-32-14-17-37(57)34-56-30-12-13-31-56/h9-11,15-16,37-45H,12-14,17-35H2,1-8H3/t37-,38+,39+,40+,41-,42-,43+,44-,45+,52-,53+,54+,55-/m0/s1. The molecule has 62 heavy (non-hydrogen) atoms. The lowest BCUT2D eigenvalue weighted by molar-refractivity contribution is -0.253. The quantitative estimate of drug-likeness (QED) is 0.230. The van der Waals surface area contributed by atoms with Crippen LogP contribution in [0.2, 0.25) is 0 Å². The summed E-state index contributed by atoms with van der Waals surface area (Å²) < 4.78 is 12.4. The van der Waals surface area contributed by atoms with E-state index in [1.165, 1.54) is 90.1 Å². The van der Waals surface area contributed by atoms with Gasteiger partial charge in [-0.25, -0.2) is 0 Å². The first-order valence-corrected chi connectivity index (χ1v) is 25.8. The number of ether oxygens (including phenoxy) is 2. The number of esters is 2. The Balaban J connectivity index is 0.847. The molecule has 342 valence electrons. The van der Waals surface area contributed by atoms with Crippen LogP contribution in [0.1, 0.15) is 170 Å². The second-order valence-electron chi connectivity index (χ2n) is 25.5. The third kappa shape index (κ3) is 6.41. The van der Waals surface area contributed by atoms with E-state index in [2.05, 4.69) is 51.3 Å². The highest BCUT2D eigenvalue weighted by molar-refractivity contribution is 5.85. The van der Waals surface area contributed by atoms with Crippen LogP contribution in [0, 0.1) is 79.3 Å². The highest BCUT2D eigenvalue weighted by Gasteiger charge is 2.74. The minimum Gasteiger partial charge on any atom is -0.462 e. The molecule has 0 N–H and O–H groups in total. The summed E-state index contributed by atoms with van der Waals surface area (Å²) in [5, 5.41) is 0. The van der Waals surface area contributed by atoms with Crippen molar-refractivity contribution >= 4 is 17.8 Å². The Bertz CT molecular complexity index is 1900. The molecule has 2 aliphatic heterocycles. The van der Waals surface area contributed by atoms with Crippen LogP contribution in [-0.4, -0.2) is 66.0 Å². The molecule has 1 amide bonds. The Hall–Kier alpha value is -2.41. The van der Waals surface area contributed by atoms with Crippen LogP contribution < -0.4 is 0 Å². The lowest BCUT2D eigenvalue weighted by Gasteiger charge is -2.73. The number of carbonyl (C=O) groups is 3. The van der Waals surface area contributed by atoms with E-state index in [0.717, 1.165) is 44.3 Å². The Morgan fingerprint density at radius 1 is 0.645 bits per heavy atom. The maximum absolute atomic E-state index is 15.5. The predicted octanol–water partition coefficient (Wildman–Crippen LogP) is 11.3. The van der Waals surface area contributed by atoms with Gasteiger partial charge >= 0.3 is 11.9 Å². The van der Waals surface area contributed by atoms with Crippen molar-refractivity contribution in [3.05, 3.63) is 35.9 Å². The highest BCUT2D eigenvalue weighted by atomic mass is 16.5. The molecule has 0 bridgehead atoms. The molecule has 13 atom stereocenters. The molecule has 9 aliphatic rings. The summed E-state index contributed by atoms with van der Waals surface area (Å²) in [6.45, 7) is 24.4. The van der Waals surface area contributed by atoms with Crippen LogP contribution in [-0.2, 0) is 30.5 Å². The summed E-state index contributed by atoms with van der Waals surface area (Å²) in [6, 6.07) is 10.2. The maximum Gasteiger partial charge on any atom is 0.309 e. The number of rotatable bonds is 9. The fourth-order valence-electron chi connectivity index (χ4n) is 18.1. The Morgan fingerprint density at radius 2 is 1.37 bits per heavy atom. The molecule has 7 aliphatic carbocycles. The summed E-state index contributed by atoms with van der Waals surface area (Å²) in [7, 11) is 0. The van der Waals surface area contributed by atoms with E-state index in [0.29, 0.717) is 53.4 Å². The third-order valence-electron chi connectivity index (χ3n) is 22.4. The van der Waals surface area contributed by atoms with E-state index in [4.69, 9.17) is 9.47 Å². The van der Waals surface area contributed by atoms with E-state index in [1.54, 1.807) is 0 Å². The minimum atomic E-state index is -0.500. The van der Waals surface area contributed by atoms with Gasteiger partial charge in [0, 0.05) is 24.5 Å². The van der Waals surface area contributed by atoms with Crippen LogP contribution in [0.5, 0.6) is 0 Å². The van der Waals surface area contributed by atoms with Crippen molar-refractivity contribution < 1.29 is 23.9 Å². The molecule has 7 saturated carbocycles. The SMILES string of the molecule is CC1([C@@H]2CC[C@]3(C(=O)N4CCC[C@H]4CN4CCCC4)CC[C@]4(C)[C@H](CC[C@@H]5[C@@]6(C)CC[C@H](OC(=O)[C@@H]7C[C@H](C(=O)OCc8ccccc8)C7(C)C)C(C)(C)[C@@H]6CC[C@]54C)[C@@H]23)CC1. The molecule has 7 nitrogen and oxygen atoms in total. The van der Waals surface area contributed by atoms with E-state index in [9.17, 15) is 9.59 Å². The molecule has 7 heteroatoms. The Morgan fingerprint density at radius 3 is 2.08 bits per heavy atom. The zero-order valence-electron chi connectivity index (χ0n) is 40.1. The lowest BCUT2D eigenvalue weighted by Crippen LogP contribution is -2.68. The fourth-order valence-corrected chi connectivity index (χ4v) is 18.1. The minimum absolute atomic E-state index is 0.121. The number of benzene rings is 1. The summed E-state index contributed by atoms with van der Waals surface area (Å²) in [4.78, 5) is 47.9. The molecule has 0 radical (unpaired) electrons. The second kappa shape index (κ2) is 15.1. The highest BCUT2D eigenvalue weighted by Crippen LogP contribution is 2.79. The molecule has 0 spiro atoms. The van der Waals surface area contributed by atoms with Crippen LogP contribution in [0.4, 0.5) is 0 Å². The average molecular weight is 851 g/mol. The van der Waals surface area contributed by atoms with Gasteiger partial charge in [0.1, 0.15) is 12.7 Å². The van der Waals surface area contributed by atoms with E-state index in [-0.39, 0.29) is 63.6 Å². The van der Waals surface area contributed by atoms with Crippen LogP contribution in [0.3, 0.4) is 0 Å².